The fourth-order valence-electron chi connectivity index (χ4n) is 2.34. The molecule has 0 atom stereocenters. The van der Waals surface area contributed by atoms with Crippen molar-refractivity contribution in [1.29, 1.82) is 0 Å². The van der Waals surface area contributed by atoms with E-state index >= 15 is 0 Å². The molecule has 3 aromatic rings. The van der Waals surface area contributed by atoms with Gasteiger partial charge in [0, 0.05) is 16.6 Å². The third kappa shape index (κ3) is 3.42. The second-order valence-corrected chi connectivity index (χ2v) is 6.59. The van der Waals surface area contributed by atoms with Crippen LogP contribution in [0.25, 0.3) is 11.4 Å². The van der Waals surface area contributed by atoms with Crippen molar-refractivity contribution in [2.75, 3.05) is 6.26 Å². The molecule has 5 heteroatoms. The second kappa shape index (κ2) is 7.11. The van der Waals surface area contributed by atoms with Gasteiger partial charge in [0.2, 0.25) is 0 Å². The first-order chi connectivity index (χ1) is 10.8. The van der Waals surface area contributed by atoms with Crippen LogP contribution >= 0.6 is 27.7 Å². The largest absolute Gasteiger partial charge is 0.302 e. The Bertz CT molecular complexity index is 738. The van der Waals surface area contributed by atoms with Crippen LogP contribution in [0.2, 0.25) is 0 Å². The van der Waals surface area contributed by atoms with E-state index in [-0.39, 0.29) is 0 Å². The number of rotatable bonds is 5. The highest BCUT2D eigenvalue weighted by atomic mass is 79.9. The number of halogens is 1. The average Bonchev–Trinajstić information content (AvgIpc) is 2.97. The predicted molar refractivity (Wildman–Crippen MR) is 95.1 cm³/mol. The maximum Gasteiger partial charge on any atom is 0.191 e. The Balaban J connectivity index is 1.88. The summed E-state index contributed by atoms with van der Waals surface area (Å²) in [5, 5.41) is 9.64. The van der Waals surface area contributed by atoms with Gasteiger partial charge in [-0.05, 0) is 30.4 Å². The molecule has 0 bridgehead atoms. The van der Waals surface area contributed by atoms with Gasteiger partial charge in [0.1, 0.15) is 0 Å². The third-order valence-corrected chi connectivity index (χ3v) is 4.66. The molecule has 0 N–H and O–H groups in total. The highest BCUT2D eigenvalue weighted by Crippen LogP contribution is 2.24. The van der Waals surface area contributed by atoms with Gasteiger partial charge in [0.15, 0.2) is 11.0 Å². The van der Waals surface area contributed by atoms with Gasteiger partial charge >= 0.3 is 0 Å². The lowest BCUT2D eigenvalue weighted by molar-refractivity contribution is 0.640. The van der Waals surface area contributed by atoms with Crippen LogP contribution < -0.4 is 0 Å². The lowest BCUT2D eigenvalue weighted by Crippen LogP contribution is -2.05. The molecular formula is C17H16BrN3S. The van der Waals surface area contributed by atoms with Crippen LogP contribution in [-0.2, 0) is 13.0 Å². The fraction of sp³-hybridized carbons (Fsp3) is 0.176. The zero-order valence-electron chi connectivity index (χ0n) is 12.2. The maximum absolute atomic E-state index is 4.38. The normalized spacial score (nSPS) is 10.8. The summed E-state index contributed by atoms with van der Waals surface area (Å²) in [5.41, 5.74) is 2.41. The van der Waals surface area contributed by atoms with Crippen molar-refractivity contribution in [2.45, 2.75) is 18.1 Å². The fourth-order valence-corrected chi connectivity index (χ4v) is 3.12. The Morgan fingerprint density at radius 3 is 2.41 bits per heavy atom. The Hall–Kier alpha value is -1.59. The smallest absolute Gasteiger partial charge is 0.191 e. The van der Waals surface area contributed by atoms with Gasteiger partial charge in [0.25, 0.3) is 0 Å². The molecule has 22 heavy (non-hydrogen) atoms. The van der Waals surface area contributed by atoms with Crippen molar-refractivity contribution < 1.29 is 0 Å². The van der Waals surface area contributed by atoms with E-state index < -0.39 is 0 Å². The topological polar surface area (TPSA) is 30.7 Å². The third-order valence-electron chi connectivity index (χ3n) is 3.47. The van der Waals surface area contributed by atoms with Crippen molar-refractivity contribution in [3.63, 3.8) is 0 Å². The molecule has 1 heterocycles. The summed E-state index contributed by atoms with van der Waals surface area (Å²) >= 11 is 5.10. The zero-order valence-corrected chi connectivity index (χ0v) is 14.6. The SMILES string of the molecule is CSc1nnc(-c2ccc(Br)cc2)n1CCc1ccccc1. The number of aryl methyl sites for hydroxylation is 1. The number of benzene rings is 2. The molecule has 0 spiro atoms. The van der Waals surface area contributed by atoms with E-state index in [2.05, 4.69) is 67.1 Å². The van der Waals surface area contributed by atoms with E-state index in [1.54, 1.807) is 11.8 Å². The molecule has 3 nitrogen and oxygen atoms in total. The molecule has 0 unspecified atom stereocenters. The lowest BCUT2D eigenvalue weighted by atomic mass is 10.1. The molecule has 0 saturated carbocycles. The molecule has 112 valence electrons. The minimum atomic E-state index is 0.874. The Morgan fingerprint density at radius 1 is 1.00 bits per heavy atom. The molecule has 3 rings (SSSR count). The van der Waals surface area contributed by atoms with E-state index in [0.717, 1.165) is 34.0 Å². The highest BCUT2D eigenvalue weighted by molar-refractivity contribution is 9.10. The van der Waals surface area contributed by atoms with Crippen molar-refractivity contribution >= 4 is 27.7 Å². The Kier molecular flexibility index (Phi) is 4.95. The molecule has 2 aromatic carbocycles. The summed E-state index contributed by atoms with van der Waals surface area (Å²) in [4.78, 5) is 0. The summed E-state index contributed by atoms with van der Waals surface area (Å²) in [6.07, 6.45) is 3.00. The molecule has 0 radical (unpaired) electrons. The van der Waals surface area contributed by atoms with Crippen LogP contribution in [0, 0.1) is 0 Å². The summed E-state index contributed by atoms with van der Waals surface area (Å²) in [6, 6.07) is 18.7. The number of aromatic nitrogens is 3. The van der Waals surface area contributed by atoms with Crippen LogP contribution in [0.4, 0.5) is 0 Å². The number of hydrogen-bond donors (Lipinski definition) is 0. The second-order valence-electron chi connectivity index (χ2n) is 4.90. The summed E-state index contributed by atoms with van der Waals surface area (Å²) in [5.74, 6) is 0.924. The molecule has 1 aromatic heterocycles. The van der Waals surface area contributed by atoms with Gasteiger partial charge in [0.05, 0.1) is 0 Å². The quantitative estimate of drug-likeness (QED) is 0.608. The van der Waals surface area contributed by atoms with Crippen molar-refractivity contribution in [3.8, 4) is 11.4 Å². The van der Waals surface area contributed by atoms with Crippen molar-refractivity contribution in [2.24, 2.45) is 0 Å². The van der Waals surface area contributed by atoms with Crippen molar-refractivity contribution in [3.05, 3.63) is 64.6 Å². The van der Waals surface area contributed by atoms with E-state index in [0.29, 0.717) is 0 Å². The Labute approximate surface area is 142 Å². The average molecular weight is 374 g/mol. The van der Waals surface area contributed by atoms with E-state index in [1.807, 2.05) is 24.5 Å². The first-order valence-corrected chi connectivity index (χ1v) is 9.07. The van der Waals surface area contributed by atoms with Gasteiger partial charge in [-0.25, -0.2) is 0 Å². The van der Waals surface area contributed by atoms with Crippen LogP contribution in [0.15, 0.2) is 64.2 Å². The minimum absolute atomic E-state index is 0.874. The van der Waals surface area contributed by atoms with Gasteiger partial charge in [-0.15, -0.1) is 10.2 Å². The van der Waals surface area contributed by atoms with Gasteiger partial charge < -0.3 is 4.57 Å². The van der Waals surface area contributed by atoms with Crippen molar-refractivity contribution in [1.82, 2.24) is 14.8 Å². The molecule has 0 saturated heterocycles. The first kappa shape index (κ1) is 15.3. The molecular weight excluding hydrogens is 358 g/mol. The van der Waals surface area contributed by atoms with Crippen LogP contribution in [0.5, 0.6) is 0 Å². The minimum Gasteiger partial charge on any atom is -0.302 e. The van der Waals surface area contributed by atoms with Crippen LogP contribution in [-0.4, -0.2) is 21.0 Å². The standard InChI is InChI=1S/C17H16BrN3S/c1-22-17-20-19-16(14-7-9-15(18)10-8-14)21(17)12-11-13-5-3-2-4-6-13/h2-10H,11-12H2,1H3. The summed E-state index contributed by atoms with van der Waals surface area (Å²) < 4.78 is 3.26. The molecule has 0 aliphatic rings. The molecule has 0 aliphatic heterocycles. The lowest BCUT2D eigenvalue weighted by Gasteiger charge is -2.09. The van der Waals surface area contributed by atoms with Crippen LogP contribution in [0.3, 0.4) is 0 Å². The van der Waals surface area contributed by atoms with Crippen LogP contribution in [0.1, 0.15) is 5.56 Å². The Morgan fingerprint density at radius 2 is 1.73 bits per heavy atom. The van der Waals surface area contributed by atoms with Gasteiger partial charge in [-0.2, -0.15) is 0 Å². The molecule has 0 fully saturated rings. The number of nitrogens with zero attached hydrogens (tertiary/aromatic N) is 3. The van der Waals surface area contributed by atoms with Gasteiger partial charge in [-0.1, -0.05) is 70.2 Å². The summed E-state index contributed by atoms with van der Waals surface area (Å²) in [6.45, 7) is 0.874. The highest BCUT2D eigenvalue weighted by Gasteiger charge is 2.13. The van der Waals surface area contributed by atoms with E-state index in [9.17, 15) is 0 Å². The number of thioether (sulfide) groups is 1. The number of hydrogen-bond acceptors (Lipinski definition) is 3. The molecule has 0 aliphatic carbocycles. The zero-order chi connectivity index (χ0) is 15.4. The van der Waals surface area contributed by atoms with E-state index in [1.165, 1.54) is 5.56 Å². The maximum atomic E-state index is 4.38. The predicted octanol–water partition coefficient (Wildman–Crippen LogP) is 4.67. The monoisotopic (exact) mass is 373 g/mol. The summed E-state index contributed by atoms with van der Waals surface area (Å²) in [7, 11) is 0. The van der Waals surface area contributed by atoms with Gasteiger partial charge in [-0.3, -0.25) is 0 Å². The first-order valence-electron chi connectivity index (χ1n) is 7.05. The van der Waals surface area contributed by atoms with E-state index in [4.69, 9.17) is 0 Å². The molecule has 0 amide bonds.